The van der Waals surface area contributed by atoms with E-state index in [4.69, 9.17) is 16.3 Å². The van der Waals surface area contributed by atoms with Crippen molar-refractivity contribution in [3.63, 3.8) is 0 Å². The average Bonchev–Trinajstić information content (AvgIpc) is 2.82. The molecular formula is C16H22ClNO3S. The summed E-state index contributed by atoms with van der Waals surface area (Å²) in [7, 11) is 0. The van der Waals surface area contributed by atoms with Gasteiger partial charge in [-0.3, -0.25) is 4.79 Å². The van der Waals surface area contributed by atoms with Crippen molar-refractivity contribution in [2.75, 3.05) is 17.8 Å². The highest BCUT2D eigenvalue weighted by Crippen LogP contribution is 2.40. The Hall–Kier alpha value is -1.07. The lowest BCUT2D eigenvalue weighted by Crippen LogP contribution is -2.16. The summed E-state index contributed by atoms with van der Waals surface area (Å²) in [6.07, 6.45) is 3.90. The van der Waals surface area contributed by atoms with Crippen LogP contribution in [-0.4, -0.2) is 24.4 Å². The molecule has 0 fully saturated rings. The minimum atomic E-state index is -0.331. The van der Waals surface area contributed by atoms with E-state index >= 15 is 0 Å². The lowest BCUT2D eigenvalue weighted by molar-refractivity contribution is -0.116. The maximum absolute atomic E-state index is 12.3. The summed E-state index contributed by atoms with van der Waals surface area (Å²) in [6, 6.07) is 0. The minimum Gasteiger partial charge on any atom is -0.462 e. The van der Waals surface area contributed by atoms with E-state index in [0.717, 1.165) is 24.8 Å². The fourth-order valence-corrected chi connectivity index (χ4v) is 4.22. The predicted octanol–water partition coefficient (Wildman–Crippen LogP) is 4.01. The van der Waals surface area contributed by atoms with Crippen LogP contribution in [0.1, 0.15) is 53.9 Å². The number of rotatable bonds is 6. The lowest BCUT2D eigenvalue weighted by atomic mass is 9.88. The molecule has 1 atom stereocenters. The molecule has 122 valence electrons. The van der Waals surface area contributed by atoms with Crippen molar-refractivity contribution in [1.82, 2.24) is 0 Å². The van der Waals surface area contributed by atoms with Crippen molar-refractivity contribution in [1.29, 1.82) is 0 Å². The van der Waals surface area contributed by atoms with Crippen molar-refractivity contribution >= 4 is 39.8 Å². The van der Waals surface area contributed by atoms with E-state index in [1.54, 1.807) is 6.92 Å². The van der Waals surface area contributed by atoms with Gasteiger partial charge in [0.2, 0.25) is 5.91 Å². The molecule has 0 saturated carbocycles. The molecule has 0 aromatic carbocycles. The smallest absolute Gasteiger partial charge is 0.341 e. The summed E-state index contributed by atoms with van der Waals surface area (Å²) in [5, 5.41) is 3.51. The van der Waals surface area contributed by atoms with E-state index in [9.17, 15) is 9.59 Å². The molecule has 0 unspecified atom stereocenters. The number of esters is 1. The van der Waals surface area contributed by atoms with E-state index in [2.05, 4.69) is 12.2 Å². The second-order valence-corrected chi connectivity index (χ2v) is 7.10. The summed E-state index contributed by atoms with van der Waals surface area (Å²) >= 11 is 7.13. The van der Waals surface area contributed by atoms with Crippen LogP contribution in [0.3, 0.4) is 0 Å². The molecule has 0 aliphatic heterocycles. The maximum Gasteiger partial charge on any atom is 0.341 e. The molecule has 1 aromatic heterocycles. The number of hydrogen-bond acceptors (Lipinski definition) is 4. The lowest BCUT2D eigenvalue weighted by Gasteiger charge is -2.18. The fraction of sp³-hybridized carbons (Fsp3) is 0.625. The Balaban J connectivity index is 2.27. The Morgan fingerprint density at radius 2 is 2.23 bits per heavy atom. The van der Waals surface area contributed by atoms with Gasteiger partial charge in [-0.05, 0) is 44.1 Å². The van der Waals surface area contributed by atoms with Gasteiger partial charge in [-0.25, -0.2) is 4.79 Å². The number of halogens is 1. The molecule has 1 heterocycles. The maximum atomic E-state index is 12.3. The van der Waals surface area contributed by atoms with Gasteiger partial charge in [0, 0.05) is 17.2 Å². The molecule has 1 N–H and O–H groups in total. The molecule has 1 aliphatic rings. The van der Waals surface area contributed by atoms with Crippen LogP contribution >= 0.6 is 22.9 Å². The number of nitrogens with one attached hydrogen (secondary N) is 1. The molecule has 6 heteroatoms. The Morgan fingerprint density at radius 3 is 2.91 bits per heavy atom. The molecule has 0 radical (unpaired) electrons. The summed E-state index contributed by atoms with van der Waals surface area (Å²) in [5.41, 5.74) is 1.63. The monoisotopic (exact) mass is 343 g/mol. The topological polar surface area (TPSA) is 55.4 Å². The van der Waals surface area contributed by atoms with Crippen LogP contribution in [0.15, 0.2) is 0 Å². The molecule has 0 bridgehead atoms. The summed E-state index contributed by atoms with van der Waals surface area (Å²) < 4.78 is 5.18. The third kappa shape index (κ3) is 4.02. The minimum absolute atomic E-state index is 0.0992. The molecule has 2 rings (SSSR count). The molecule has 4 nitrogen and oxygen atoms in total. The van der Waals surface area contributed by atoms with Crippen molar-refractivity contribution in [2.24, 2.45) is 5.92 Å². The number of alkyl halides is 1. The molecule has 1 aliphatic carbocycles. The zero-order chi connectivity index (χ0) is 16.1. The Labute approximate surface area is 140 Å². The van der Waals surface area contributed by atoms with Gasteiger partial charge in [-0.15, -0.1) is 22.9 Å². The zero-order valence-corrected chi connectivity index (χ0v) is 14.6. The Bertz CT molecular complexity index is 556. The highest BCUT2D eigenvalue weighted by atomic mass is 35.5. The van der Waals surface area contributed by atoms with Crippen molar-refractivity contribution in [2.45, 2.75) is 46.0 Å². The summed E-state index contributed by atoms with van der Waals surface area (Å²) in [6.45, 7) is 4.34. The standard InChI is InChI=1S/C16H22ClNO3S/c1-3-21-16(20)14-11-7-6-10(2)9-12(11)22-15(14)18-13(19)5-4-8-17/h10H,3-9H2,1-2H3,(H,18,19)/t10-/m1/s1. The van der Waals surface area contributed by atoms with Crippen LogP contribution in [-0.2, 0) is 22.4 Å². The second kappa shape index (κ2) is 7.97. The summed E-state index contributed by atoms with van der Waals surface area (Å²) in [4.78, 5) is 25.5. The van der Waals surface area contributed by atoms with Gasteiger partial charge in [0.15, 0.2) is 0 Å². The molecule has 1 aromatic rings. The van der Waals surface area contributed by atoms with Gasteiger partial charge in [-0.2, -0.15) is 0 Å². The van der Waals surface area contributed by atoms with Gasteiger partial charge in [0.1, 0.15) is 5.00 Å². The number of amides is 1. The Kier molecular flexibility index (Phi) is 6.26. The van der Waals surface area contributed by atoms with Crippen molar-refractivity contribution in [3.8, 4) is 0 Å². The summed E-state index contributed by atoms with van der Waals surface area (Å²) in [5.74, 6) is 0.636. The van der Waals surface area contributed by atoms with E-state index in [0.29, 0.717) is 41.8 Å². The Morgan fingerprint density at radius 1 is 1.45 bits per heavy atom. The van der Waals surface area contributed by atoms with Crippen LogP contribution in [0.2, 0.25) is 0 Å². The van der Waals surface area contributed by atoms with Crippen LogP contribution in [0, 0.1) is 5.92 Å². The van der Waals surface area contributed by atoms with Crippen LogP contribution < -0.4 is 5.32 Å². The van der Waals surface area contributed by atoms with Gasteiger partial charge >= 0.3 is 5.97 Å². The first-order valence-corrected chi connectivity index (χ1v) is 9.09. The van der Waals surface area contributed by atoms with Gasteiger partial charge < -0.3 is 10.1 Å². The molecule has 0 saturated heterocycles. The number of hydrogen-bond donors (Lipinski definition) is 1. The first kappa shape index (κ1) is 17.3. The van der Waals surface area contributed by atoms with E-state index in [1.807, 2.05) is 0 Å². The first-order valence-electron chi connectivity index (χ1n) is 7.74. The van der Waals surface area contributed by atoms with Crippen LogP contribution in [0.4, 0.5) is 5.00 Å². The van der Waals surface area contributed by atoms with Gasteiger partial charge in [0.05, 0.1) is 12.2 Å². The third-order valence-corrected chi connectivity index (χ3v) is 5.22. The van der Waals surface area contributed by atoms with E-state index < -0.39 is 0 Å². The first-order chi connectivity index (χ1) is 10.6. The van der Waals surface area contributed by atoms with Crippen molar-refractivity contribution in [3.05, 3.63) is 16.0 Å². The zero-order valence-electron chi connectivity index (χ0n) is 13.0. The SMILES string of the molecule is CCOC(=O)c1c(NC(=O)CCCCl)sc2c1CC[C@@H](C)C2. The number of ether oxygens (including phenoxy) is 1. The largest absolute Gasteiger partial charge is 0.462 e. The number of thiophene rings is 1. The van der Waals surface area contributed by atoms with E-state index in [-0.39, 0.29) is 11.9 Å². The normalized spacial score (nSPS) is 17.0. The number of carbonyl (C=O) groups excluding carboxylic acids is 2. The highest BCUT2D eigenvalue weighted by molar-refractivity contribution is 7.17. The van der Waals surface area contributed by atoms with Crippen LogP contribution in [0.5, 0.6) is 0 Å². The highest BCUT2D eigenvalue weighted by Gasteiger charge is 2.28. The predicted molar refractivity (Wildman–Crippen MR) is 90.0 cm³/mol. The number of carbonyl (C=O) groups is 2. The van der Waals surface area contributed by atoms with Gasteiger partial charge in [0.25, 0.3) is 0 Å². The fourth-order valence-electron chi connectivity index (χ4n) is 2.67. The number of anilines is 1. The van der Waals surface area contributed by atoms with E-state index in [1.165, 1.54) is 16.2 Å². The van der Waals surface area contributed by atoms with Crippen LogP contribution in [0.25, 0.3) is 0 Å². The van der Waals surface area contributed by atoms with Gasteiger partial charge in [-0.1, -0.05) is 6.92 Å². The quantitative estimate of drug-likeness (QED) is 0.627. The molecule has 22 heavy (non-hydrogen) atoms. The van der Waals surface area contributed by atoms with Crippen molar-refractivity contribution < 1.29 is 14.3 Å². The third-order valence-electron chi connectivity index (χ3n) is 3.78. The number of fused-ring (bicyclic) bond motifs is 1. The second-order valence-electron chi connectivity index (χ2n) is 5.62. The molecule has 1 amide bonds. The molecular weight excluding hydrogens is 322 g/mol. The average molecular weight is 344 g/mol. The molecule has 0 spiro atoms.